The van der Waals surface area contributed by atoms with E-state index in [-0.39, 0.29) is 5.56 Å². The van der Waals surface area contributed by atoms with Gasteiger partial charge in [-0.15, -0.1) is 0 Å². The zero-order chi connectivity index (χ0) is 15.0. The number of aromatic carboxylic acids is 1. The van der Waals surface area contributed by atoms with E-state index in [0.717, 1.165) is 11.2 Å². The van der Waals surface area contributed by atoms with Crippen LogP contribution in [0.2, 0.25) is 0 Å². The summed E-state index contributed by atoms with van der Waals surface area (Å²) in [5.41, 5.74) is 4.14. The molecule has 0 unspecified atom stereocenters. The number of benzene rings is 2. The van der Waals surface area contributed by atoms with Gasteiger partial charge in [-0.1, -0.05) is 26.0 Å². The van der Waals surface area contributed by atoms with Crippen LogP contribution in [0.15, 0.2) is 48.8 Å². The van der Waals surface area contributed by atoms with Crippen molar-refractivity contribution in [3.8, 4) is 5.69 Å². The average molecular weight is 280 g/mol. The van der Waals surface area contributed by atoms with E-state index in [2.05, 4.69) is 43.1 Å². The summed E-state index contributed by atoms with van der Waals surface area (Å²) in [4.78, 5) is 15.3. The third kappa shape index (κ3) is 2.40. The van der Waals surface area contributed by atoms with E-state index in [4.69, 9.17) is 5.11 Å². The third-order valence-electron chi connectivity index (χ3n) is 3.63. The molecule has 1 aromatic heterocycles. The third-order valence-corrected chi connectivity index (χ3v) is 3.63. The van der Waals surface area contributed by atoms with Crippen molar-refractivity contribution in [2.45, 2.75) is 19.8 Å². The standard InChI is InChI=1S/C17H16N2O2/c1-11(2)12-3-6-14(7-4-12)19-10-18-15-9-13(17(20)21)5-8-16(15)19/h3-11H,1-2H3,(H,20,21). The highest BCUT2D eigenvalue weighted by Crippen LogP contribution is 2.21. The van der Waals surface area contributed by atoms with Gasteiger partial charge in [0.05, 0.1) is 16.6 Å². The molecule has 0 aliphatic rings. The number of rotatable bonds is 3. The van der Waals surface area contributed by atoms with Crippen molar-refractivity contribution in [3.05, 3.63) is 59.9 Å². The summed E-state index contributed by atoms with van der Waals surface area (Å²) in [5, 5.41) is 9.02. The molecule has 4 nitrogen and oxygen atoms in total. The van der Waals surface area contributed by atoms with E-state index in [9.17, 15) is 4.79 Å². The second-order valence-electron chi connectivity index (χ2n) is 5.37. The SMILES string of the molecule is CC(C)c1ccc(-n2cnc3cc(C(=O)O)ccc32)cc1. The van der Waals surface area contributed by atoms with E-state index < -0.39 is 5.97 Å². The largest absolute Gasteiger partial charge is 0.478 e. The summed E-state index contributed by atoms with van der Waals surface area (Å²) < 4.78 is 1.96. The maximum absolute atomic E-state index is 11.0. The summed E-state index contributed by atoms with van der Waals surface area (Å²) in [6, 6.07) is 13.3. The minimum atomic E-state index is -0.937. The predicted octanol–water partition coefficient (Wildman–Crippen LogP) is 3.85. The predicted molar refractivity (Wildman–Crippen MR) is 82.1 cm³/mol. The molecule has 0 atom stereocenters. The fraction of sp³-hybridized carbons (Fsp3) is 0.176. The second-order valence-corrected chi connectivity index (χ2v) is 5.37. The molecule has 0 bridgehead atoms. The Morgan fingerprint density at radius 1 is 1.14 bits per heavy atom. The fourth-order valence-corrected chi connectivity index (χ4v) is 2.37. The molecular formula is C17H16N2O2. The van der Waals surface area contributed by atoms with Crippen LogP contribution in [0.5, 0.6) is 0 Å². The van der Waals surface area contributed by atoms with Crippen LogP contribution in [0, 0.1) is 0 Å². The molecule has 1 heterocycles. The van der Waals surface area contributed by atoms with Gasteiger partial charge in [-0.05, 0) is 41.8 Å². The smallest absolute Gasteiger partial charge is 0.335 e. The number of imidazole rings is 1. The van der Waals surface area contributed by atoms with Crippen LogP contribution in [0.25, 0.3) is 16.7 Å². The molecule has 21 heavy (non-hydrogen) atoms. The van der Waals surface area contributed by atoms with Gasteiger partial charge >= 0.3 is 5.97 Å². The highest BCUT2D eigenvalue weighted by molar-refractivity contribution is 5.92. The highest BCUT2D eigenvalue weighted by Gasteiger charge is 2.09. The molecule has 1 N–H and O–H groups in total. The molecule has 0 radical (unpaired) electrons. The average Bonchev–Trinajstić information content (AvgIpc) is 2.90. The second kappa shape index (κ2) is 5.05. The molecule has 3 aromatic rings. The van der Waals surface area contributed by atoms with Gasteiger partial charge in [0.1, 0.15) is 6.33 Å². The Bertz CT molecular complexity index is 801. The zero-order valence-corrected chi connectivity index (χ0v) is 11.9. The molecule has 0 spiro atoms. The van der Waals surface area contributed by atoms with Crippen molar-refractivity contribution >= 4 is 17.0 Å². The molecule has 0 aliphatic heterocycles. The normalized spacial score (nSPS) is 11.2. The Balaban J connectivity index is 2.06. The maximum atomic E-state index is 11.0. The molecule has 2 aromatic carbocycles. The molecule has 0 fully saturated rings. The molecule has 0 amide bonds. The Morgan fingerprint density at radius 2 is 1.86 bits per heavy atom. The zero-order valence-electron chi connectivity index (χ0n) is 11.9. The van der Waals surface area contributed by atoms with Crippen LogP contribution >= 0.6 is 0 Å². The number of carbonyl (C=O) groups is 1. The number of hydrogen-bond acceptors (Lipinski definition) is 2. The Morgan fingerprint density at radius 3 is 2.48 bits per heavy atom. The lowest BCUT2D eigenvalue weighted by molar-refractivity contribution is 0.0697. The van der Waals surface area contributed by atoms with Crippen LogP contribution in [0.1, 0.15) is 35.7 Å². The number of nitrogens with zero attached hydrogens (tertiary/aromatic N) is 2. The van der Waals surface area contributed by atoms with Crippen molar-refractivity contribution in [1.82, 2.24) is 9.55 Å². The number of carboxylic acids is 1. The lowest BCUT2D eigenvalue weighted by Gasteiger charge is -2.08. The topological polar surface area (TPSA) is 55.1 Å². The number of fused-ring (bicyclic) bond motifs is 1. The van der Waals surface area contributed by atoms with E-state index in [0.29, 0.717) is 11.4 Å². The number of aromatic nitrogens is 2. The maximum Gasteiger partial charge on any atom is 0.335 e. The summed E-state index contributed by atoms with van der Waals surface area (Å²) >= 11 is 0. The summed E-state index contributed by atoms with van der Waals surface area (Å²) in [5.74, 6) is -0.440. The lowest BCUT2D eigenvalue weighted by atomic mass is 10.0. The number of hydrogen-bond donors (Lipinski definition) is 1. The van der Waals surface area contributed by atoms with Crippen molar-refractivity contribution in [1.29, 1.82) is 0 Å². The Kier molecular flexibility index (Phi) is 3.22. The first-order chi connectivity index (χ1) is 10.1. The minimum Gasteiger partial charge on any atom is -0.478 e. The quantitative estimate of drug-likeness (QED) is 0.793. The van der Waals surface area contributed by atoms with Crippen molar-refractivity contribution in [2.24, 2.45) is 0 Å². The molecule has 0 aliphatic carbocycles. The first-order valence-electron chi connectivity index (χ1n) is 6.87. The van der Waals surface area contributed by atoms with Crippen molar-refractivity contribution in [3.63, 3.8) is 0 Å². The summed E-state index contributed by atoms with van der Waals surface area (Å²) in [6.07, 6.45) is 1.72. The van der Waals surface area contributed by atoms with E-state index >= 15 is 0 Å². The van der Waals surface area contributed by atoms with Crippen LogP contribution in [-0.4, -0.2) is 20.6 Å². The monoisotopic (exact) mass is 280 g/mol. The van der Waals surface area contributed by atoms with Gasteiger partial charge in [-0.25, -0.2) is 9.78 Å². The fourth-order valence-electron chi connectivity index (χ4n) is 2.37. The van der Waals surface area contributed by atoms with Gasteiger partial charge < -0.3 is 5.11 Å². The Labute approximate surface area is 122 Å². The van der Waals surface area contributed by atoms with Gasteiger partial charge in [0.25, 0.3) is 0 Å². The number of carboxylic acid groups (broad SMARTS) is 1. The van der Waals surface area contributed by atoms with Gasteiger partial charge in [0.15, 0.2) is 0 Å². The summed E-state index contributed by atoms with van der Waals surface area (Å²) in [6.45, 7) is 4.32. The first-order valence-corrected chi connectivity index (χ1v) is 6.87. The van der Waals surface area contributed by atoms with Crippen LogP contribution in [0.4, 0.5) is 0 Å². The molecule has 0 saturated carbocycles. The van der Waals surface area contributed by atoms with E-state index in [1.54, 1.807) is 24.5 Å². The van der Waals surface area contributed by atoms with Gasteiger partial charge in [0, 0.05) is 5.69 Å². The minimum absolute atomic E-state index is 0.253. The van der Waals surface area contributed by atoms with Crippen LogP contribution in [-0.2, 0) is 0 Å². The van der Waals surface area contributed by atoms with Gasteiger partial charge in [-0.2, -0.15) is 0 Å². The summed E-state index contributed by atoms with van der Waals surface area (Å²) in [7, 11) is 0. The molecular weight excluding hydrogens is 264 g/mol. The van der Waals surface area contributed by atoms with E-state index in [1.165, 1.54) is 5.56 Å². The Hall–Kier alpha value is -2.62. The molecule has 4 heteroatoms. The highest BCUT2D eigenvalue weighted by atomic mass is 16.4. The lowest BCUT2D eigenvalue weighted by Crippen LogP contribution is -1.96. The molecule has 106 valence electrons. The van der Waals surface area contributed by atoms with Crippen LogP contribution < -0.4 is 0 Å². The molecule has 0 saturated heterocycles. The van der Waals surface area contributed by atoms with E-state index in [1.807, 2.05) is 4.57 Å². The van der Waals surface area contributed by atoms with Gasteiger partial charge in [-0.3, -0.25) is 4.57 Å². The van der Waals surface area contributed by atoms with Crippen LogP contribution in [0.3, 0.4) is 0 Å². The van der Waals surface area contributed by atoms with Gasteiger partial charge in [0.2, 0.25) is 0 Å². The first kappa shape index (κ1) is 13.4. The van der Waals surface area contributed by atoms with Crippen molar-refractivity contribution < 1.29 is 9.90 Å². The molecule has 3 rings (SSSR count). The van der Waals surface area contributed by atoms with Crippen molar-refractivity contribution in [2.75, 3.05) is 0 Å².